The molecule has 1 aromatic carbocycles. The van der Waals surface area contributed by atoms with E-state index in [-0.39, 0.29) is 30.5 Å². The molecule has 2 N–H and O–H groups in total. The van der Waals surface area contributed by atoms with E-state index in [0.717, 1.165) is 48.6 Å². The van der Waals surface area contributed by atoms with Crippen molar-refractivity contribution in [2.75, 3.05) is 6.61 Å². The van der Waals surface area contributed by atoms with Gasteiger partial charge < -0.3 is 15.2 Å². The van der Waals surface area contributed by atoms with Gasteiger partial charge in [-0.05, 0) is 61.9 Å². The number of rotatable bonds is 5. The van der Waals surface area contributed by atoms with E-state index in [1.54, 1.807) is 4.68 Å². The first kappa shape index (κ1) is 17.1. The average molecular weight is 355 g/mol. The Kier molecular flexibility index (Phi) is 4.44. The van der Waals surface area contributed by atoms with E-state index in [1.807, 2.05) is 32.0 Å². The molecule has 1 amide bonds. The molecule has 2 aliphatic rings. The van der Waals surface area contributed by atoms with Crippen molar-refractivity contribution < 1.29 is 14.6 Å². The SMILES string of the molecule is Cc1cc(C)n(CC(=O)NC(c2ccc3c(c2)CCO3)C2CC(O)C2)n1. The second-order valence-corrected chi connectivity index (χ2v) is 7.48. The summed E-state index contributed by atoms with van der Waals surface area (Å²) in [7, 11) is 0. The molecular weight excluding hydrogens is 330 g/mol. The van der Waals surface area contributed by atoms with Crippen LogP contribution >= 0.6 is 0 Å². The Balaban J connectivity index is 1.52. The molecule has 1 fully saturated rings. The molecule has 1 aromatic heterocycles. The highest BCUT2D eigenvalue weighted by atomic mass is 16.5. The topological polar surface area (TPSA) is 76.4 Å². The molecule has 1 aliphatic carbocycles. The summed E-state index contributed by atoms with van der Waals surface area (Å²) >= 11 is 0. The van der Waals surface area contributed by atoms with Gasteiger partial charge in [-0.1, -0.05) is 6.07 Å². The van der Waals surface area contributed by atoms with Crippen molar-refractivity contribution >= 4 is 5.91 Å². The summed E-state index contributed by atoms with van der Waals surface area (Å²) in [6, 6.07) is 8.04. The van der Waals surface area contributed by atoms with Crippen molar-refractivity contribution in [2.45, 2.75) is 51.8 Å². The quantitative estimate of drug-likeness (QED) is 0.861. The molecule has 0 saturated heterocycles. The van der Waals surface area contributed by atoms with Gasteiger partial charge in [0.25, 0.3) is 0 Å². The number of ether oxygens (including phenoxy) is 1. The molecule has 6 heteroatoms. The van der Waals surface area contributed by atoms with Crippen molar-refractivity contribution in [3.05, 3.63) is 46.8 Å². The lowest BCUT2D eigenvalue weighted by Crippen LogP contribution is -2.42. The van der Waals surface area contributed by atoms with E-state index in [1.165, 1.54) is 5.56 Å². The minimum Gasteiger partial charge on any atom is -0.493 e. The van der Waals surface area contributed by atoms with E-state index in [0.29, 0.717) is 0 Å². The number of carbonyl (C=O) groups is 1. The third kappa shape index (κ3) is 3.33. The highest BCUT2D eigenvalue weighted by Gasteiger charge is 2.36. The van der Waals surface area contributed by atoms with Gasteiger partial charge >= 0.3 is 0 Å². The molecule has 2 heterocycles. The van der Waals surface area contributed by atoms with E-state index < -0.39 is 0 Å². The lowest BCUT2D eigenvalue weighted by atomic mass is 9.75. The summed E-state index contributed by atoms with van der Waals surface area (Å²) in [5.74, 6) is 1.14. The van der Waals surface area contributed by atoms with Crippen LogP contribution in [-0.4, -0.2) is 33.5 Å². The number of nitrogens with zero attached hydrogens (tertiary/aromatic N) is 2. The number of aliphatic hydroxyl groups is 1. The van der Waals surface area contributed by atoms with Crippen molar-refractivity contribution in [2.24, 2.45) is 5.92 Å². The molecule has 0 spiro atoms. The number of fused-ring (bicyclic) bond motifs is 1. The largest absolute Gasteiger partial charge is 0.493 e. The van der Waals surface area contributed by atoms with Crippen molar-refractivity contribution in [3.8, 4) is 5.75 Å². The Morgan fingerprint density at radius 1 is 1.38 bits per heavy atom. The predicted octanol–water partition coefficient (Wildman–Crippen LogP) is 2.06. The number of benzene rings is 1. The average Bonchev–Trinajstić information content (AvgIpc) is 3.15. The number of hydrogen-bond donors (Lipinski definition) is 2. The highest BCUT2D eigenvalue weighted by molar-refractivity contribution is 5.76. The molecule has 2 aromatic rings. The van der Waals surface area contributed by atoms with Gasteiger partial charge in [-0.3, -0.25) is 9.48 Å². The van der Waals surface area contributed by atoms with Crippen molar-refractivity contribution in [1.82, 2.24) is 15.1 Å². The summed E-state index contributed by atoms with van der Waals surface area (Å²) < 4.78 is 7.32. The Bertz CT molecular complexity index is 824. The summed E-state index contributed by atoms with van der Waals surface area (Å²) in [5, 5.41) is 17.3. The van der Waals surface area contributed by atoms with Crippen LogP contribution in [0.2, 0.25) is 0 Å². The molecule has 1 atom stereocenters. The number of amides is 1. The minimum absolute atomic E-state index is 0.0562. The maximum atomic E-state index is 12.7. The highest BCUT2D eigenvalue weighted by Crippen LogP contribution is 2.39. The Morgan fingerprint density at radius 3 is 2.88 bits per heavy atom. The van der Waals surface area contributed by atoms with E-state index in [4.69, 9.17) is 4.74 Å². The van der Waals surface area contributed by atoms with Crippen molar-refractivity contribution in [3.63, 3.8) is 0 Å². The molecule has 1 aliphatic heterocycles. The zero-order valence-corrected chi connectivity index (χ0v) is 15.2. The Morgan fingerprint density at radius 2 is 2.19 bits per heavy atom. The second-order valence-electron chi connectivity index (χ2n) is 7.48. The van der Waals surface area contributed by atoms with Crippen LogP contribution in [0.5, 0.6) is 5.75 Å². The molecule has 0 radical (unpaired) electrons. The van der Waals surface area contributed by atoms with Crippen molar-refractivity contribution in [1.29, 1.82) is 0 Å². The maximum absolute atomic E-state index is 12.7. The third-order valence-electron chi connectivity index (χ3n) is 5.41. The van der Waals surface area contributed by atoms with Crippen LogP contribution < -0.4 is 10.1 Å². The first-order valence-electron chi connectivity index (χ1n) is 9.23. The Labute approximate surface area is 153 Å². The molecular formula is C20H25N3O3. The fourth-order valence-electron chi connectivity index (χ4n) is 3.97. The molecule has 138 valence electrons. The summed E-state index contributed by atoms with van der Waals surface area (Å²) in [5.41, 5.74) is 4.17. The molecule has 1 saturated carbocycles. The lowest BCUT2D eigenvalue weighted by Gasteiger charge is -2.38. The predicted molar refractivity (Wildman–Crippen MR) is 97.0 cm³/mol. The summed E-state index contributed by atoms with van der Waals surface area (Å²) in [4.78, 5) is 12.7. The van der Waals surface area contributed by atoms with Gasteiger partial charge in [-0.2, -0.15) is 5.10 Å². The molecule has 26 heavy (non-hydrogen) atoms. The van der Waals surface area contributed by atoms with Crippen LogP contribution in [0.3, 0.4) is 0 Å². The molecule has 1 unspecified atom stereocenters. The smallest absolute Gasteiger partial charge is 0.242 e. The summed E-state index contributed by atoms with van der Waals surface area (Å²) in [6.07, 6.45) is 2.09. The van der Waals surface area contributed by atoms with Gasteiger partial charge in [0.1, 0.15) is 12.3 Å². The van der Waals surface area contributed by atoms with Gasteiger partial charge in [0.2, 0.25) is 5.91 Å². The third-order valence-corrected chi connectivity index (χ3v) is 5.41. The van der Waals surface area contributed by atoms with Crippen LogP contribution in [0.1, 0.15) is 41.4 Å². The lowest BCUT2D eigenvalue weighted by molar-refractivity contribution is -0.123. The van der Waals surface area contributed by atoms with Gasteiger partial charge in [-0.15, -0.1) is 0 Å². The number of nitrogens with one attached hydrogen (secondary N) is 1. The maximum Gasteiger partial charge on any atom is 0.242 e. The second kappa shape index (κ2) is 6.76. The van der Waals surface area contributed by atoms with Crippen LogP contribution in [0, 0.1) is 19.8 Å². The summed E-state index contributed by atoms with van der Waals surface area (Å²) in [6.45, 7) is 4.80. The monoisotopic (exact) mass is 355 g/mol. The van der Waals surface area contributed by atoms with Gasteiger partial charge in [0.15, 0.2) is 0 Å². The number of carbonyl (C=O) groups excluding carboxylic acids is 1. The van der Waals surface area contributed by atoms with Crippen LogP contribution in [0.25, 0.3) is 0 Å². The van der Waals surface area contributed by atoms with Crippen LogP contribution in [0.4, 0.5) is 0 Å². The minimum atomic E-state index is -0.256. The Hall–Kier alpha value is -2.34. The van der Waals surface area contributed by atoms with Crippen LogP contribution in [-0.2, 0) is 17.8 Å². The number of aromatic nitrogens is 2. The first-order chi connectivity index (χ1) is 12.5. The van der Waals surface area contributed by atoms with E-state index in [9.17, 15) is 9.90 Å². The first-order valence-corrected chi connectivity index (χ1v) is 9.23. The number of aliphatic hydroxyl groups excluding tert-OH is 1. The fourth-order valence-corrected chi connectivity index (χ4v) is 3.97. The standard InChI is InChI=1S/C20H25N3O3/c1-12-7-13(2)23(22-12)11-19(25)21-20(16-9-17(24)10-16)15-3-4-18-14(8-15)5-6-26-18/h3-4,7-8,16-17,20,24H,5-6,9-11H2,1-2H3,(H,21,25). The number of hydrogen-bond acceptors (Lipinski definition) is 4. The van der Waals surface area contributed by atoms with Gasteiger partial charge in [-0.25, -0.2) is 0 Å². The van der Waals surface area contributed by atoms with Crippen LogP contribution in [0.15, 0.2) is 24.3 Å². The molecule has 6 nitrogen and oxygen atoms in total. The zero-order chi connectivity index (χ0) is 18.3. The fraction of sp³-hybridized carbons (Fsp3) is 0.500. The number of aryl methyl sites for hydroxylation is 2. The zero-order valence-electron chi connectivity index (χ0n) is 15.2. The van der Waals surface area contributed by atoms with Gasteiger partial charge in [0.05, 0.1) is 24.4 Å². The molecule has 0 bridgehead atoms. The van der Waals surface area contributed by atoms with E-state index >= 15 is 0 Å². The normalized spacial score (nSPS) is 22.3. The van der Waals surface area contributed by atoms with E-state index in [2.05, 4.69) is 16.5 Å². The van der Waals surface area contributed by atoms with Gasteiger partial charge in [0, 0.05) is 12.1 Å². The molecule has 4 rings (SSSR count).